The number of ether oxygens (including phenoxy) is 1. The van der Waals surface area contributed by atoms with Crippen LogP contribution < -0.4 is 20.0 Å². The van der Waals surface area contributed by atoms with Crippen molar-refractivity contribution in [1.82, 2.24) is 9.47 Å². The molecule has 0 bridgehead atoms. The zero-order valence-electron chi connectivity index (χ0n) is 22.8. The number of para-hydroxylation sites is 1. The van der Waals surface area contributed by atoms with Crippen molar-refractivity contribution in [3.63, 3.8) is 0 Å². The third kappa shape index (κ3) is 4.57. The number of rotatable bonds is 8. The van der Waals surface area contributed by atoms with E-state index in [1.165, 1.54) is 13.3 Å². The Morgan fingerprint density at radius 2 is 1.88 bits per heavy atom. The van der Waals surface area contributed by atoms with E-state index in [-0.39, 0.29) is 40.0 Å². The first kappa shape index (κ1) is 26.8. The predicted octanol–water partition coefficient (Wildman–Crippen LogP) is 3.05. The maximum Gasteiger partial charge on any atom is 0.341 e. The minimum Gasteiger partial charge on any atom is -0.492 e. The number of halogens is 1. The van der Waals surface area contributed by atoms with Crippen molar-refractivity contribution in [2.24, 2.45) is 5.16 Å². The number of aromatic nitrogens is 1. The second kappa shape index (κ2) is 10.5. The Kier molecular flexibility index (Phi) is 6.86. The first-order chi connectivity index (χ1) is 19.8. The highest BCUT2D eigenvalue weighted by Crippen LogP contribution is 2.44. The monoisotopic (exact) mass is 563 g/mol. The van der Waals surface area contributed by atoms with Crippen molar-refractivity contribution in [3.05, 3.63) is 63.7 Å². The fraction of sp³-hybridized carbons (Fsp3) is 0.379. The van der Waals surface area contributed by atoms with Crippen molar-refractivity contribution in [2.45, 2.75) is 25.8 Å². The van der Waals surface area contributed by atoms with Crippen LogP contribution in [-0.4, -0.2) is 78.7 Å². The molecule has 0 radical (unpaired) electrons. The lowest BCUT2D eigenvalue weighted by molar-refractivity contribution is -0.112. The first-order valence-corrected chi connectivity index (χ1v) is 13.6. The van der Waals surface area contributed by atoms with Gasteiger partial charge in [-0.05, 0) is 31.9 Å². The molecule has 2 fully saturated rings. The number of hydrogen-bond acceptors (Lipinski definition) is 8. The molecule has 1 N–H and O–H groups in total. The molecule has 1 saturated carbocycles. The maximum absolute atomic E-state index is 15.7. The number of methoxy groups -OCH3 is 1. The van der Waals surface area contributed by atoms with Gasteiger partial charge >= 0.3 is 5.97 Å². The number of anilines is 2. The SMILES string of the molecule is CCO/N=C1\C(=O)N(CN2CCN(c3c(F)cc4c(=O)c(C(=O)O)cn(C5CC5)c4c3OC)CC2)c2ccccc21. The molecule has 2 aromatic carbocycles. The first-order valence-electron chi connectivity index (χ1n) is 13.6. The lowest BCUT2D eigenvalue weighted by atomic mass is 10.1. The number of nitrogens with zero attached hydrogens (tertiary/aromatic N) is 5. The van der Waals surface area contributed by atoms with Crippen LogP contribution in [0.5, 0.6) is 5.75 Å². The van der Waals surface area contributed by atoms with E-state index in [1.54, 1.807) is 16.4 Å². The van der Waals surface area contributed by atoms with Crippen LogP contribution in [0.4, 0.5) is 15.8 Å². The highest BCUT2D eigenvalue weighted by Gasteiger charge is 2.37. The van der Waals surface area contributed by atoms with Crippen molar-refractivity contribution in [3.8, 4) is 5.75 Å². The van der Waals surface area contributed by atoms with E-state index < -0.39 is 17.2 Å². The number of hydrogen-bond donors (Lipinski definition) is 1. The number of carbonyl (C=O) groups is 2. The minimum atomic E-state index is -1.35. The summed E-state index contributed by atoms with van der Waals surface area (Å²) < 4.78 is 23.2. The number of aromatic carboxylic acids is 1. The molecule has 1 aliphatic carbocycles. The highest BCUT2D eigenvalue weighted by atomic mass is 19.1. The van der Waals surface area contributed by atoms with Crippen LogP contribution in [0.3, 0.4) is 0 Å². The van der Waals surface area contributed by atoms with Crippen molar-refractivity contribution >= 4 is 39.9 Å². The molecular weight excluding hydrogens is 533 g/mol. The van der Waals surface area contributed by atoms with E-state index in [2.05, 4.69) is 10.1 Å². The van der Waals surface area contributed by atoms with Crippen LogP contribution in [0, 0.1) is 5.82 Å². The number of pyridine rings is 1. The smallest absolute Gasteiger partial charge is 0.341 e. The average molecular weight is 564 g/mol. The second-order valence-electron chi connectivity index (χ2n) is 10.3. The summed E-state index contributed by atoms with van der Waals surface area (Å²) in [6, 6.07) is 8.60. The molecule has 1 saturated heterocycles. The van der Waals surface area contributed by atoms with Gasteiger partial charge in [0.2, 0.25) is 5.43 Å². The van der Waals surface area contributed by atoms with E-state index >= 15 is 4.39 Å². The van der Waals surface area contributed by atoms with E-state index in [0.29, 0.717) is 45.0 Å². The number of carboxylic acids is 1. The minimum absolute atomic E-state index is 0.00994. The number of amides is 1. The van der Waals surface area contributed by atoms with Gasteiger partial charge < -0.3 is 24.1 Å². The normalized spacial score (nSPS) is 18.3. The molecule has 0 unspecified atom stereocenters. The summed E-state index contributed by atoms with van der Waals surface area (Å²) in [7, 11) is 1.43. The molecule has 6 rings (SSSR count). The molecule has 12 heteroatoms. The van der Waals surface area contributed by atoms with Gasteiger partial charge in [0.1, 0.15) is 17.9 Å². The highest BCUT2D eigenvalue weighted by molar-refractivity contribution is 6.54. The third-order valence-corrected chi connectivity index (χ3v) is 7.79. The summed E-state index contributed by atoms with van der Waals surface area (Å²) >= 11 is 0. The molecular formula is C29H30FN5O6. The number of oxime groups is 1. The molecule has 3 aliphatic rings. The zero-order valence-corrected chi connectivity index (χ0v) is 22.8. The number of benzene rings is 2. The largest absolute Gasteiger partial charge is 0.492 e. The maximum atomic E-state index is 15.7. The Balaban J connectivity index is 1.27. The number of fused-ring (bicyclic) bond motifs is 2. The zero-order chi connectivity index (χ0) is 28.8. The quantitative estimate of drug-likeness (QED) is 0.416. The Bertz CT molecular complexity index is 1640. The van der Waals surface area contributed by atoms with Gasteiger partial charge in [0.25, 0.3) is 5.91 Å². The van der Waals surface area contributed by atoms with Gasteiger partial charge in [0.05, 0.1) is 30.4 Å². The fourth-order valence-electron chi connectivity index (χ4n) is 5.66. The van der Waals surface area contributed by atoms with Gasteiger partial charge in [-0.2, -0.15) is 0 Å². The van der Waals surface area contributed by atoms with Gasteiger partial charge in [-0.15, -0.1) is 0 Å². The molecule has 3 aromatic rings. The standard InChI is InChI=1S/C29H30FN5O6/c1-3-41-31-23-18-6-4-5-7-22(18)35(28(23)37)16-32-10-12-33(13-11-32)25-21(30)14-19-24(27(25)40-2)34(17-8-9-17)15-20(26(19)36)29(38)39/h4-7,14-15,17H,3,8-13,16H2,1-2H3,(H,38,39)/b31-23-. The Morgan fingerprint density at radius 1 is 1.15 bits per heavy atom. The molecule has 1 amide bonds. The van der Waals surface area contributed by atoms with Crippen LogP contribution in [0.25, 0.3) is 10.9 Å². The molecule has 3 heterocycles. The molecule has 41 heavy (non-hydrogen) atoms. The third-order valence-electron chi connectivity index (χ3n) is 7.79. The predicted molar refractivity (Wildman–Crippen MR) is 151 cm³/mol. The van der Waals surface area contributed by atoms with E-state index in [4.69, 9.17) is 9.57 Å². The molecule has 0 spiro atoms. The topological polar surface area (TPSA) is 117 Å². The van der Waals surface area contributed by atoms with E-state index in [0.717, 1.165) is 30.2 Å². The second-order valence-corrected chi connectivity index (χ2v) is 10.3. The summed E-state index contributed by atoms with van der Waals surface area (Å²) in [5, 5.41) is 13.6. The van der Waals surface area contributed by atoms with Gasteiger partial charge in [0, 0.05) is 44.0 Å². The van der Waals surface area contributed by atoms with Crippen LogP contribution in [0.2, 0.25) is 0 Å². The fourth-order valence-corrected chi connectivity index (χ4v) is 5.66. The Labute approximate surface area is 234 Å². The number of carbonyl (C=O) groups excluding carboxylic acids is 1. The van der Waals surface area contributed by atoms with Crippen LogP contribution in [-0.2, 0) is 9.63 Å². The van der Waals surface area contributed by atoms with Gasteiger partial charge in [-0.1, -0.05) is 23.4 Å². The van der Waals surface area contributed by atoms with Crippen molar-refractivity contribution < 1.29 is 28.7 Å². The molecule has 1 aromatic heterocycles. The average Bonchev–Trinajstić information content (AvgIpc) is 3.78. The van der Waals surface area contributed by atoms with Crippen molar-refractivity contribution in [2.75, 3.05) is 56.4 Å². The lowest BCUT2D eigenvalue weighted by Crippen LogP contribution is -2.51. The summed E-state index contributed by atoms with van der Waals surface area (Å²) in [5.74, 6) is -2.01. The lowest BCUT2D eigenvalue weighted by Gasteiger charge is -2.38. The van der Waals surface area contributed by atoms with Crippen LogP contribution >= 0.6 is 0 Å². The summed E-state index contributed by atoms with van der Waals surface area (Å²) in [5.41, 5.74) is 1.28. The van der Waals surface area contributed by atoms with Gasteiger partial charge in [0.15, 0.2) is 17.3 Å². The van der Waals surface area contributed by atoms with Gasteiger partial charge in [-0.25, -0.2) is 9.18 Å². The van der Waals surface area contributed by atoms with Crippen LogP contribution in [0.15, 0.2) is 46.5 Å². The Morgan fingerprint density at radius 3 is 2.54 bits per heavy atom. The molecule has 0 atom stereocenters. The number of piperazine rings is 1. The summed E-state index contributed by atoms with van der Waals surface area (Å²) in [6.45, 7) is 4.47. The molecule has 11 nitrogen and oxygen atoms in total. The Hall–Kier alpha value is -4.45. The number of carboxylic acid groups (broad SMARTS) is 1. The molecule has 214 valence electrons. The van der Waals surface area contributed by atoms with Crippen molar-refractivity contribution in [1.29, 1.82) is 0 Å². The van der Waals surface area contributed by atoms with E-state index in [9.17, 15) is 19.5 Å². The summed E-state index contributed by atoms with van der Waals surface area (Å²) in [6.07, 6.45) is 3.02. The van der Waals surface area contributed by atoms with Crippen LogP contribution in [0.1, 0.15) is 41.7 Å². The molecule has 2 aliphatic heterocycles. The summed E-state index contributed by atoms with van der Waals surface area (Å²) in [4.78, 5) is 48.8. The van der Waals surface area contributed by atoms with Gasteiger partial charge in [-0.3, -0.25) is 19.4 Å². The van der Waals surface area contributed by atoms with E-state index in [1.807, 2.05) is 29.2 Å².